The number of nitrogens with zero attached hydrogens (tertiary/aromatic N) is 2. The van der Waals surface area contributed by atoms with E-state index in [-0.39, 0.29) is 11.2 Å². The summed E-state index contributed by atoms with van der Waals surface area (Å²) in [7, 11) is 0. The summed E-state index contributed by atoms with van der Waals surface area (Å²) in [6.07, 6.45) is 1.52. The summed E-state index contributed by atoms with van der Waals surface area (Å²) in [6.45, 7) is 7.48. The number of halogens is 1. The lowest BCUT2D eigenvalue weighted by Crippen LogP contribution is -2.21. The maximum atomic E-state index is 12.2. The highest BCUT2D eigenvalue weighted by atomic mass is 35.5. The van der Waals surface area contributed by atoms with Crippen molar-refractivity contribution in [3.05, 3.63) is 46.5 Å². The summed E-state index contributed by atoms with van der Waals surface area (Å²) in [5, 5.41) is 2.73. The van der Waals surface area contributed by atoms with Crippen molar-refractivity contribution >= 4 is 29.2 Å². The van der Waals surface area contributed by atoms with Crippen LogP contribution in [0.2, 0.25) is 5.15 Å². The Morgan fingerprint density at radius 3 is 2.67 bits per heavy atom. The number of ether oxygens (including phenoxy) is 1. The Kier molecular flexibility index (Phi) is 5.62. The number of rotatable bonds is 5. The van der Waals surface area contributed by atoms with Crippen LogP contribution < -0.4 is 5.32 Å². The van der Waals surface area contributed by atoms with E-state index in [0.717, 1.165) is 11.4 Å². The molecule has 0 fully saturated rings. The summed E-state index contributed by atoms with van der Waals surface area (Å²) in [6, 6.07) is 5.27. The van der Waals surface area contributed by atoms with Gasteiger partial charge >= 0.3 is 5.97 Å². The van der Waals surface area contributed by atoms with Crippen LogP contribution in [0.1, 0.15) is 41.6 Å². The first kappa shape index (κ1) is 18.0. The van der Waals surface area contributed by atoms with Crippen molar-refractivity contribution in [2.45, 2.75) is 33.7 Å². The molecule has 0 unspecified atom stereocenters. The van der Waals surface area contributed by atoms with Gasteiger partial charge in [0.15, 0.2) is 11.8 Å². The highest BCUT2D eigenvalue weighted by Crippen LogP contribution is 2.21. The average Bonchev–Trinajstić information content (AvgIpc) is 2.82. The number of nitrogens with one attached hydrogen (secondary N) is 1. The zero-order chi connectivity index (χ0) is 17.9. The van der Waals surface area contributed by atoms with Crippen molar-refractivity contribution in [2.24, 2.45) is 0 Å². The molecule has 6 nitrogen and oxygen atoms in total. The van der Waals surface area contributed by atoms with Gasteiger partial charge in [-0.3, -0.25) is 4.79 Å². The molecule has 2 aromatic heterocycles. The molecule has 2 heterocycles. The minimum Gasteiger partial charge on any atom is -0.452 e. The number of hydrogen-bond acceptors (Lipinski definition) is 4. The molecule has 0 aliphatic heterocycles. The molecule has 24 heavy (non-hydrogen) atoms. The van der Waals surface area contributed by atoms with Crippen molar-refractivity contribution in [3.63, 3.8) is 0 Å². The van der Waals surface area contributed by atoms with Crippen LogP contribution in [-0.2, 0) is 9.53 Å². The summed E-state index contributed by atoms with van der Waals surface area (Å²) in [5.41, 5.74) is 2.64. The topological polar surface area (TPSA) is 73.2 Å². The minimum absolute atomic E-state index is 0.178. The summed E-state index contributed by atoms with van der Waals surface area (Å²) in [5.74, 6) is -1.00. The number of esters is 1. The van der Waals surface area contributed by atoms with E-state index in [4.69, 9.17) is 16.3 Å². The van der Waals surface area contributed by atoms with Crippen molar-refractivity contribution in [2.75, 3.05) is 11.9 Å². The Bertz CT molecular complexity index is 768. The van der Waals surface area contributed by atoms with Crippen molar-refractivity contribution in [1.82, 2.24) is 9.55 Å². The molecule has 0 spiro atoms. The van der Waals surface area contributed by atoms with Crippen LogP contribution in [0.4, 0.5) is 5.69 Å². The molecule has 0 bridgehead atoms. The van der Waals surface area contributed by atoms with E-state index in [9.17, 15) is 9.59 Å². The standard InChI is InChI=1S/C17H20ClN3O3/c1-10(2)21-11(3)8-13(12(21)4)17(23)24-9-15(22)20-14-6-5-7-19-16(14)18/h5-8,10H,9H2,1-4H3,(H,20,22). The third kappa shape index (κ3) is 3.94. The largest absolute Gasteiger partial charge is 0.452 e. The highest BCUT2D eigenvalue weighted by Gasteiger charge is 2.19. The number of carbonyl (C=O) groups is 2. The van der Waals surface area contributed by atoms with Gasteiger partial charge in [-0.05, 0) is 45.9 Å². The van der Waals surface area contributed by atoms with E-state index in [2.05, 4.69) is 10.3 Å². The molecule has 128 valence electrons. The van der Waals surface area contributed by atoms with E-state index in [0.29, 0.717) is 11.3 Å². The number of anilines is 1. The monoisotopic (exact) mass is 349 g/mol. The summed E-state index contributed by atoms with van der Waals surface area (Å²) < 4.78 is 7.15. The second-order valence-electron chi connectivity index (χ2n) is 5.71. The first-order valence-corrected chi connectivity index (χ1v) is 7.95. The zero-order valence-electron chi connectivity index (χ0n) is 14.1. The fraction of sp³-hybridized carbons (Fsp3) is 0.353. The highest BCUT2D eigenvalue weighted by molar-refractivity contribution is 6.32. The molecule has 1 amide bonds. The molecule has 0 saturated carbocycles. The quantitative estimate of drug-likeness (QED) is 0.662. The van der Waals surface area contributed by atoms with Gasteiger partial charge in [-0.15, -0.1) is 0 Å². The van der Waals surface area contributed by atoms with Gasteiger partial charge in [0.25, 0.3) is 5.91 Å². The third-order valence-electron chi connectivity index (χ3n) is 3.59. The van der Waals surface area contributed by atoms with Crippen LogP contribution >= 0.6 is 11.6 Å². The number of aromatic nitrogens is 2. The van der Waals surface area contributed by atoms with E-state index in [1.54, 1.807) is 18.2 Å². The first-order valence-electron chi connectivity index (χ1n) is 7.57. The summed E-state index contributed by atoms with van der Waals surface area (Å²) in [4.78, 5) is 28.0. The fourth-order valence-electron chi connectivity index (χ4n) is 2.65. The van der Waals surface area contributed by atoms with Crippen LogP contribution in [0, 0.1) is 13.8 Å². The van der Waals surface area contributed by atoms with Crippen LogP contribution in [0.25, 0.3) is 0 Å². The smallest absolute Gasteiger partial charge is 0.340 e. The maximum Gasteiger partial charge on any atom is 0.340 e. The Morgan fingerprint density at radius 1 is 1.38 bits per heavy atom. The third-order valence-corrected chi connectivity index (χ3v) is 3.89. The van der Waals surface area contributed by atoms with Gasteiger partial charge in [-0.2, -0.15) is 0 Å². The number of amides is 1. The molecule has 0 aromatic carbocycles. The van der Waals surface area contributed by atoms with Crippen LogP contribution in [0.5, 0.6) is 0 Å². The predicted molar refractivity (Wildman–Crippen MR) is 92.5 cm³/mol. The van der Waals surface area contributed by atoms with E-state index in [1.165, 1.54) is 6.20 Å². The Hall–Kier alpha value is -2.34. The minimum atomic E-state index is -0.526. The second-order valence-corrected chi connectivity index (χ2v) is 6.07. The fourth-order valence-corrected chi connectivity index (χ4v) is 2.82. The number of carbonyl (C=O) groups excluding carboxylic acids is 2. The van der Waals surface area contributed by atoms with Crippen molar-refractivity contribution < 1.29 is 14.3 Å². The molecule has 1 N–H and O–H groups in total. The zero-order valence-corrected chi connectivity index (χ0v) is 14.8. The molecule has 0 radical (unpaired) electrons. The molecule has 0 aliphatic carbocycles. The summed E-state index contributed by atoms with van der Waals surface area (Å²) >= 11 is 5.86. The second kappa shape index (κ2) is 7.49. The van der Waals surface area contributed by atoms with Crippen LogP contribution in [0.3, 0.4) is 0 Å². The number of aryl methyl sites for hydroxylation is 1. The van der Waals surface area contributed by atoms with Gasteiger partial charge in [-0.1, -0.05) is 11.6 Å². The Balaban J connectivity index is 2.00. The lowest BCUT2D eigenvalue weighted by molar-refractivity contribution is -0.119. The van der Waals surface area contributed by atoms with Crippen molar-refractivity contribution in [3.8, 4) is 0 Å². The predicted octanol–water partition coefficient (Wildman–Crippen LogP) is 3.53. The van der Waals surface area contributed by atoms with Gasteiger partial charge in [0.2, 0.25) is 0 Å². The first-order chi connectivity index (χ1) is 11.3. The average molecular weight is 350 g/mol. The lowest BCUT2D eigenvalue weighted by atomic mass is 10.2. The number of pyridine rings is 1. The Labute approximate surface area is 145 Å². The molecular formula is C17H20ClN3O3. The molecular weight excluding hydrogens is 330 g/mol. The molecule has 7 heteroatoms. The normalized spacial score (nSPS) is 10.8. The van der Waals surface area contributed by atoms with E-state index >= 15 is 0 Å². The van der Waals surface area contributed by atoms with Crippen LogP contribution in [0.15, 0.2) is 24.4 Å². The van der Waals surface area contributed by atoms with Gasteiger partial charge in [-0.25, -0.2) is 9.78 Å². The Morgan fingerprint density at radius 2 is 2.08 bits per heavy atom. The molecule has 0 saturated heterocycles. The molecule has 0 atom stereocenters. The molecule has 2 aromatic rings. The van der Waals surface area contributed by atoms with Crippen LogP contribution in [-0.4, -0.2) is 28.0 Å². The van der Waals surface area contributed by atoms with Crippen molar-refractivity contribution in [1.29, 1.82) is 0 Å². The van der Waals surface area contributed by atoms with Gasteiger partial charge < -0.3 is 14.6 Å². The van der Waals surface area contributed by atoms with Gasteiger partial charge in [0, 0.05) is 23.6 Å². The maximum absolute atomic E-state index is 12.2. The van der Waals surface area contributed by atoms with E-state index < -0.39 is 18.5 Å². The molecule has 0 aliphatic rings. The molecule has 2 rings (SSSR count). The SMILES string of the molecule is Cc1cc(C(=O)OCC(=O)Nc2cccnc2Cl)c(C)n1C(C)C. The van der Waals surface area contributed by atoms with E-state index in [1.807, 2.05) is 32.3 Å². The van der Waals surface area contributed by atoms with Gasteiger partial charge in [0.05, 0.1) is 11.3 Å². The van der Waals surface area contributed by atoms with Gasteiger partial charge in [0.1, 0.15) is 0 Å². The lowest BCUT2D eigenvalue weighted by Gasteiger charge is -2.13. The number of hydrogen-bond donors (Lipinski definition) is 1.